The smallest absolute Gasteiger partial charge is 0.112 e. The molecule has 0 aromatic heterocycles. The quantitative estimate of drug-likeness (QED) is 0.452. The van der Waals surface area contributed by atoms with Crippen molar-refractivity contribution in [2.45, 2.75) is 37.8 Å². The summed E-state index contributed by atoms with van der Waals surface area (Å²) in [5.74, 6) is 1.47. The molecule has 1 heteroatoms. The Kier molecular flexibility index (Phi) is 0.750. The van der Waals surface area contributed by atoms with Crippen LogP contribution in [0.5, 0.6) is 0 Å². The Balaban J connectivity index is 2.06. The molecule has 0 atom stereocenters. The zero-order valence-electron chi connectivity index (χ0n) is 4.91. The molecule has 0 aliphatic heterocycles. The van der Waals surface area contributed by atoms with E-state index in [0.717, 1.165) is 25.7 Å². The fraction of sp³-hybridized carbons (Fsp3) is 0.857. The molecule has 0 unspecified atom stereocenters. The summed E-state index contributed by atoms with van der Waals surface area (Å²) in [6.07, 6.45) is 4.74. The van der Waals surface area contributed by atoms with Crippen LogP contribution in [-0.2, 0) is 0 Å². The van der Waals surface area contributed by atoms with Crippen molar-refractivity contribution in [1.82, 2.24) is 0 Å². The van der Waals surface area contributed by atoms with Crippen LogP contribution in [0, 0.1) is 5.92 Å². The van der Waals surface area contributed by atoms with Crippen LogP contribution in [-0.4, -0.2) is 5.67 Å². The Morgan fingerprint density at radius 3 is 2.38 bits per heavy atom. The van der Waals surface area contributed by atoms with Crippen LogP contribution >= 0.6 is 0 Å². The van der Waals surface area contributed by atoms with Gasteiger partial charge in [0.15, 0.2) is 0 Å². The number of fused-ring (bicyclic) bond motifs is 2. The Bertz CT molecular complexity index is 97.4. The Labute approximate surface area is 49.1 Å². The number of alkyl halides is 1. The molecule has 3 aliphatic carbocycles. The second-order valence-corrected chi connectivity index (χ2v) is 3.11. The summed E-state index contributed by atoms with van der Waals surface area (Å²) in [5.41, 5.74) is -0.715. The molecule has 3 rings (SSSR count). The zero-order valence-corrected chi connectivity index (χ0v) is 4.91. The third-order valence-corrected chi connectivity index (χ3v) is 2.29. The van der Waals surface area contributed by atoms with E-state index in [-0.39, 0.29) is 0 Å². The number of halogens is 1. The summed E-state index contributed by atoms with van der Waals surface area (Å²) in [5, 5.41) is 0. The lowest BCUT2D eigenvalue weighted by Gasteiger charge is -2.46. The second-order valence-electron chi connectivity index (χ2n) is 3.11. The lowest BCUT2D eigenvalue weighted by Crippen LogP contribution is -2.42. The molecule has 3 fully saturated rings. The summed E-state index contributed by atoms with van der Waals surface area (Å²) in [7, 11) is 0. The first kappa shape index (κ1) is 4.78. The van der Waals surface area contributed by atoms with Gasteiger partial charge in [-0.25, -0.2) is 4.39 Å². The minimum absolute atomic E-state index is 0.715. The van der Waals surface area contributed by atoms with Gasteiger partial charge in [-0.2, -0.15) is 0 Å². The zero-order chi connectivity index (χ0) is 5.61. The van der Waals surface area contributed by atoms with Crippen LogP contribution in [0.15, 0.2) is 0 Å². The van der Waals surface area contributed by atoms with Gasteiger partial charge in [0, 0.05) is 0 Å². The molecule has 2 bridgehead atoms. The van der Waals surface area contributed by atoms with E-state index in [0.29, 0.717) is 0 Å². The third kappa shape index (κ3) is 0.503. The van der Waals surface area contributed by atoms with E-state index < -0.39 is 5.67 Å². The molecule has 0 N–H and O–H groups in total. The monoisotopic (exact) mass is 113 g/mol. The van der Waals surface area contributed by atoms with Gasteiger partial charge in [0.2, 0.25) is 0 Å². The van der Waals surface area contributed by atoms with E-state index in [1.54, 1.807) is 0 Å². The summed E-state index contributed by atoms with van der Waals surface area (Å²) < 4.78 is 12.9. The molecule has 0 aromatic rings. The van der Waals surface area contributed by atoms with E-state index in [2.05, 4.69) is 0 Å². The lowest BCUT2D eigenvalue weighted by atomic mass is 9.63. The first-order valence-electron chi connectivity index (χ1n) is 3.31. The predicted molar refractivity (Wildman–Crippen MR) is 30.2 cm³/mol. The van der Waals surface area contributed by atoms with Gasteiger partial charge < -0.3 is 0 Å². The van der Waals surface area contributed by atoms with Crippen LogP contribution < -0.4 is 0 Å². The highest BCUT2D eigenvalue weighted by atomic mass is 19.1. The fourth-order valence-electron chi connectivity index (χ4n) is 1.85. The largest absolute Gasteiger partial charge is 0.244 e. The van der Waals surface area contributed by atoms with E-state index in [4.69, 9.17) is 0 Å². The van der Waals surface area contributed by atoms with Gasteiger partial charge in [-0.05, 0) is 38.0 Å². The highest BCUT2D eigenvalue weighted by Crippen LogP contribution is 2.52. The van der Waals surface area contributed by atoms with Gasteiger partial charge in [0.05, 0.1) is 0 Å². The van der Waals surface area contributed by atoms with Gasteiger partial charge in [-0.15, -0.1) is 0 Å². The second kappa shape index (κ2) is 1.26. The van der Waals surface area contributed by atoms with E-state index in [1.807, 2.05) is 0 Å². The topological polar surface area (TPSA) is 0 Å². The van der Waals surface area contributed by atoms with Gasteiger partial charge in [0.25, 0.3) is 0 Å². The average Bonchev–Trinajstić information content (AvgIpc) is 1.63. The SMILES string of the molecule is FC12CCC[C](C1)C2. The normalized spacial score (nSPS) is 34.1. The van der Waals surface area contributed by atoms with Crippen molar-refractivity contribution in [2.75, 3.05) is 0 Å². The maximum Gasteiger partial charge on any atom is 0.112 e. The molecule has 0 heterocycles. The van der Waals surface area contributed by atoms with Crippen molar-refractivity contribution >= 4 is 0 Å². The molecule has 8 heavy (non-hydrogen) atoms. The molecule has 45 valence electrons. The molecule has 0 amide bonds. The Hall–Kier alpha value is -0.0700. The maximum atomic E-state index is 12.9. The number of hydrogen-bond donors (Lipinski definition) is 0. The molecule has 0 aromatic carbocycles. The van der Waals surface area contributed by atoms with E-state index in [9.17, 15) is 4.39 Å². The standard InChI is InChI=1S/C7H10F/c8-7-3-1-2-6(4-7)5-7/h1-5H2. The van der Waals surface area contributed by atoms with Gasteiger partial charge in [0.1, 0.15) is 5.67 Å². The van der Waals surface area contributed by atoms with Crippen molar-refractivity contribution in [3.63, 3.8) is 0 Å². The lowest BCUT2D eigenvalue weighted by molar-refractivity contribution is 0.0404. The van der Waals surface area contributed by atoms with E-state index >= 15 is 0 Å². The first-order valence-corrected chi connectivity index (χ1v) is 3.31. The van der Waals surface area contributed by atoms with Crippen LogP contribution in [0.2, 0.25) is 0 Å². The summed E-state index contributed by atoms with van der Waals surface area (Å²) in [6.45, 7) is 0. The highest BCUT2D eigenvalue weighted by Gasteiger charge is 2.47. The van der Waals surface area contributed by atoms with Crippen molar-refractivity contribution in [1.29, 1.82) is 0 Å². The predicted octanol–water partition coefficient (Wildman–Crippen LogP) is 2.25. The molecular formula is C7H10F. The summed E-state index contributed by atoms with van der Waals surface area (Å²) in [6, 6.07) is 0. The number of hydrogen-bond acceptors (Lipinski definition) is 0. The van der Waals surface area contributed by atoms with E-state index in [1.165, 1.54) is 12.3 Å². The highest BCUT2D eigenvalue weighted by molar-refractivity contribution is 5.16. The molecule has 0 saturated heterocycles. The molecule has 0 spiro atoms. The average molecular weight is 113 g/mol. The molecular weight excluding hydrogens is 103 g/mol. The molecule has 1 radical (unpaired) electrons. The van der Waals surface area contributed by atoms with Gasteiger partial charge in [-0.3, -0.25) is 0 Å². The first-order chi connectivity index (χ1) is 3.79. The Morgan fingerprint density at radius 2 is 2.12 bits per heavy atom. The van der Waals surface area contributed by atoms with Crippen LogP contribution in [0.25, 0.3) is 0 Å². The van der Waals surface area contributed by atoms with Crippen LogP contribution in [0.1, 0.15) is 32.1 Å². The van der Waals surface area contributed by atoms with Crippen LogP contribution in [0.3, 0.4) is 0 Å². The van der Waals surface area contributed by atoms with Gasteiger partial charge in [-0.1, -0.05) is 0 Å². The minimum atomic E-state index is -0.715. The van der Waals surface area contributed by atoms with Gasteiger partial charge >= 0.3 is 0 Å². The maximum absolute atomic E-state index is 12.9. The van der Waals surface area contributed by atoms with Crippen molar-refractivity contribution in [2.24, 2.45) is 0 Å². The fourth-order valence-corrected chi connectivity index (χ4v) is 1.85. The molecule has 0 nitrogen and oxygen atoms in total. The van der Waals surface area contributed by atoms with Crippen LogP contribution in [0.4, 0.5) is 4.39 Å². The molecule has 3 aliphatic rings. The van der Waals surface area contributed by atoms with Crippen molar-refractivity contribution < 1.29 is 4.39 Å². The molecule has 3 saturated carbocycles. The van der Waals surface area contributed by atoms with Crippen molar-refractivity contribution in [3.05, 3.63) is 5.92 Å². The summed E-state index contributed by atoms with van der Waals surface area (Å²) >= 11 is 0. The third-order valence-electron chi connectivity index (χ3n) is 2.29. The Morgan fingerprint density at radius 1 is 1.38 bits per heavy atom. The number of rotatable bonds is 0. The minimum Gasteiger partial charge on any atom is -0.244 e. The summed E-state index contributed by atoms with van der Waals surface area (Å²) in [4.78, 5) is 0. The van der Waals surface area contributed by atoms with Crippen molar-refractivity contribution in [3.8, 4) is 0 Å².